The van der Waals surface area contributed by atoms with E-state index in [9.17, 15) is 29.4 Å². The Bertz CT molecular complexity index is 1410. The molecule has 0 aromatic carbocycles. The summed E-state index contributed by atoms with van der Waals surface area (Å²) in [7, 11) is 0. The average Bonchev–Trinajstić information content (AvgIpc) is 3.47. The van der Waals surface area contributed by atoms with Gasteiger partial charge in [-0.25, -0.2) is 14.6 Å². The quantitative estimate of drug-likeness (QED) is 0.364. The number of amides is 2. The van der Waals surface area contributed by atoms with E-state index in [1.54, 1.807) is 25.4 Å². The average molecular weight is 581 g/mol. The minimum Gasteiger partial charge on any atom is -0.478 e. The van der Waals surface area contributed by atoms with Crippen molar-refractivity contribution in [1.29, 1.82) is 0 Å². The number of nitrogens with zero attached hydrogens (tertiary/aromatic N) is 4. The van der Waals surface area contributed by atoms with Crippen LogP contribution in [0.25, 0.3) is 0 Å². The van der Waals surface area contributed by atoms with Crippen molar-refractivity contribution in [2.24, 2.45) is 38.6 Å². The molecule has 0 radical (unpaired) electrons. The van der Waals surface area contributed by atoms with Crippen LogP contribution in [0.1, 0.15) is 83.4 Å². The highest BCUT2D eigenvalue weighted by Gasteiger charge is 2.43. The highest BCUT2D eigenvalue weighted by Crippen LogP contribution is 2.31. The number of carboxylic acid groups (broad SMARTS) is 2. The first-order chi connectivity index (χ1) is 19.7. The maximum atomic E-state index is 12.1. The molecular formula is C30H40N6O6. The SMILES string of the molecule is CCC1C=NC(C2=NC(C(C)C)C(=O)N2)=C(C(=O)O)C1C.CCc1cnc(C2=NC(C)(C(C)C)C(=O)N2)c(C(=O)O)c1. The van der Waals surface area contributed by atoms with Crippen molar-refractivity contribution in [3.63, 3.8) is 0 Å². The van der Waals surface area contributed by atoms with E-state index in [2.05, 4.69) is 30.6 Å². The number of amidine groups is 2. The number of nitrogens with one attached hydrogen (secondary N) is 2. The molecule has 12 heteroatoms. The van der Waals surface area contributed by atoms with Gasteiger partial charge in [0.25, 0.3) is 11.8 Å². The van der Waals surface area contributed by atoms with E-state index in [-0.39, 0.29) is 69.7 Å². The molecule has 0 saturated heterocycles. The molecule has 4 unspecified atom stereocenters. The van der Waals surface area contributed by atoms with Crippen LogP contribution < -0.4 is 10.6 Å². The summed E-state index contributed by atoms with van der Waals surface area (Å²) in [5, 5.41) is 24.2. The van der Waals surface area contributed by atoms with Gasteiger partial charge in [-0.3, -0.25) is 24.6 Å². The van der Waals surface area contributed by atoms with Gasteiger partial charge in [0, 0.05) is 18.3 Å². The Labute approximate surface area is 245 Å². The lowest BCUT2D eigenvalue weighted by Crippen LogP contribution is -2.41. The van der Waals surface area contributed by atoms with E-state index < -0.39 is 23.5 Å². The molecule has 42 heavy (non-hydrogen) atoms. The topological polar surface area (TPSA) is 183 Å². The molecule has 3 aliphatic rings. The third-order valence-electron chi connectivity index (χ3n) is 8.05. The number of hydrogen-bond donors (Lipinski definition) is 4. The summed E-state index contributed by atoms with van der Waals surface area (Å²) in [4.78, 5) is 64.2. The van der Waals surface area contributed by atoms with Gasteiger partial charge >= 0.3 is 11.9 Å². The standard InChI is InChI=1S/C15H19N3O3.C15H21N3O3/c1-5-9-6-10(13(19)20)11(16-7-9)12-17-14(21)15(4,18-12)8(2)3;1-5-9-6-16-12(10(8(9)4)15(20)21)13-17-11(7(2)3)14(19)18-13/h6-8H,5H2,1-4H3,(H,19,20)(H,17,18,21);6-9,11H,5H2,1-4H3,(H,20,21)(H,17,18,19). The van der Waals surface area contributed by atoms with Crippen LogP contribution in [0.3, 0.4) is 0 Å². The van der Waals surface area contributed by atoms with Gasteiger partial charge in [-0.05, 0) is 49.1 Å². The van der Waals surface area contributed by atoms with Gasteiger partial charge in [-0.15, -0.1) is 0 Å². The van der Waals surface area contributed by atoms with Gasteiger partial charge in [-0.2, -0.15) is 0 Å². The Hall–Kier alpha value is -4.22. The predicted molar refractivity (Wildman–Crippen MR) is 159 cm³/mol. The number of aryl methyl sites for hydroxylation is 1. The van der Waals surface area contributed by atoms with Crippen molar-refractivity contribution in [2.75, 3.05) is 0 Å². The molecule has 4 N–H and O–H groups in total. The Balaban J connectivity index is 0.000000230. The molecular weight excluding hydrogens is 540 g/mol. The monoisotopic (exact) mass is 580 g/mol. The van der Waals surface area contributed by atoms with Crippen molar-refractivity contribution >= 4 is 41.6 Å². The van der Waals surface area contributed by atoms with E-state index in [4.69, 9.17) is 0 Å². The molecule has 3 aliphatic heterocycles. The Morgan fingerprint density at radius 1 is 1.05 bits per heavy atom. The van der Waals surface area contributed by atoms with Gasteiger partial charge in [0.2, 0.25) is 0 Å². The van der Waals surface area contributed by atoms with Crippen LogP contribution in [-0.2, 0) is 20.8 Å². The van der Waals surface area contributed by atoms with E-state index in [1.807, 2.05) is 48.5 Å². The molecule has 1 aromatic heterocycles. The number of hydrogen-bond acceptors (Lipinski definition) is 8. The number of rotatable bonds is 8. The van der Waals surface area contributed by atoms with E-state index in [1.165, 1.54) is 0 Å². The lowest BCUT2D eigenvalue weighted by molar-refractivity contribution is -0.133. The van der Waals surface area contributed by atoms with Crippen molar-refractivity contribution in [2.45, 2.75) is 79.8 Å². The van der Waals surface area contributed by atoms with E-state index >= 15 is 0 Å². The summed E-state index contributed by atoms with van der Waals surface area (Å²) in [6, 6.07) is 1.10. The second kappa shape index (κ2) is 12.7. The fraction of sp³-hybridized carbons (Fsp3) is 0.533. The molecule has 0 bridgehead atoms. The van der Waals surface area contributed by atoms with Crippen LogP contribution in [0.15, 0.2) is 38.5 Å². The molecule has 0 saturated carbocycles. The summed E-state index contributed by atoms with van der Waals surface area (Å²) in [6.07, 6.45) is 4.89. The predicted octanol–water partition coefficient (Wildman–Crippen LogP) is 3.26. The number of carbonyl (C=O) groups excluding carboxylic acids is 2. The first-order valence-electron chi connectivity index (χ1n) is 14.2. The highest BCUT2D eigenvalue weighted by atomic mass is 16.4. The summed E-state index contributed by atoms with van der Waals surface area (Å²) in [6.45, 7) is 15.1. The Morgan fingerprint density at radius 2 is 1.71 bits per heavy atom. The molecule has 1 aromatic rings. The summed E-state index contributed by atoms with van der Waals surface area (Å²) in [5.74, 6) is -1.99. The first-order valence-corrected chi connectivity index (χ1v) is 14.2. The second-order valence-electron chi connectivity index (χ2n) is 11.5. The maximum Gasteiger partial charge on any atom is 0.338 e. The number of aromatic nitrogens is 1. The summed E-state index contributed by atoms with van der Waals surface area (Å²) < 4.78 is 0. The Morgan fingerprint density at radius 3 is 2.19 bits per heavy atom. The van der Waals surface area contributed by atoms with Crippen LogP contribution in [0.4, 0.5) is 0 Å². The first kappa shape index (κ1) is 32.3. The second-order valence-corrected chi connectivity index (χ2v) is 11.5. The zero-order chi connectivity index (χ0) is 31.5. The fourth-order valence-corrected chi connectivity index (χ4v) is 4.84. The highest BCUT2D eigenvalue weighted by molar-refractivity contribution is 6.18. The fourth-order valence-electron chi connectivity index (χ4n) is 4.84. The molecule has 0 aliphatic carbocycles. The molecule has 0 fully saturated rings. The number of aromatic carboxylic acids is 1. The van der Waals surface area contributed by atoms with Gasteiger partial charge in [0.05, 0.1) is 11.1 Å². The minimum atomic E-state index is -1.08. The number of pyridine rings is 1. The number of aliphatic imine (C=N–C) groups is 3. The molecule has 2 amide bonds. The minimum absolute atomic E-state index is 0.00167. The number of carbonyl (C=O) groups is 4. The van der Waals surface area contributed by atoms with Crippen LogP contribution in [0.5, 0.6) is 0 Å². The van der Waals surface area contributed by atoms with Crippen molar-refractivity contribution in [1.82, 2.24) is 15.6 Å². The van der Waals surface area contributed by atoms with E-state index in [0.717, 1.165) is 12.0 Å². The van der Waals surface area contributed by atoms with Crippen LogP contribution >= 0.6 is 0 Å². The van der Waals surface area contributed by atoms with Crippen LogP contribution in [0.2, 0.25) is 0 Å². The number of carboxylic acids is 2. The third-order valence-corrected chi connectivity index (χ3v) is 8.05. The normalized spacial score (nSPS) is 25.1. The van der Waals surface area contributed by atoms with Gasteiger partial charge < -0.3 is 20.8 Å². The molecule has 226 valence electrons. The molecule has 12 nitrogen and oxygen atoms in total. The van der Waals surface area contributed by atoms with Crippen LogP contribution in [-0.4, -0.2) is 68.4 Å². The Kier molecular flexibility index (Phi) is 9.80. The smallest absolute Gasteiger partial charge is 0.338 e. The zero-order valence-electron chi connectivity index (χ0n) is 25.3. The van der Waals surface area contributed by atoms with Crippen LogP contribution in [0, 0.1) is 23.7 Å². The zero-order valence-corrected chi connectivity index (χ0v) is 25.3. The van der Waals surface area contributed by atoms with Crippen molar-refractivity contribution < 1.29 is 29.4 Å². The largest absolute Gasteiger partial charge is 0.478 e. The molecule has 0 spiro atoms. The van der Waals surface area contributed by atoms with Gasteiger partial charge in [0.15, 0.2) is 11.7 Å². The molecule has 4 atom stereocenters. The van der Waals surface area contributed by atoms with Gasteiger partial charge in [-0.1, -0.05) is 48.5 Å². The van der Waals surface area contributed by atoms with Crippen molar-refractivity contribution in [3.05, 3.63) is 40.4 Å². The lowest BCUT2D eigenvalue weighted by Gasteiger charge is -2.25. The van der Waals surface area contributed by atoms with Crippen molar-refractivity contribution in [3.8, 4) is 0 Å². The lowest BCUT2D eigenvalue weighted by atomic mass is 9.83. The number of aliphatic carboxylic acids is 1. The maximum absolute atomic E-state index is 12.1. The third kappa shape index (κ3) is 6.32. The summed E-state index contributed by atoms with van der Waals surface area (Å²) >= 11 is 0. The van der Waals surface area contributed by atoms with Gasteiger partial charge in [0.1, 0.15) is 23.0 Å². The molecule has 4 heterocycles. The summed E-state index contributed by atoms with van der Waals surface area (Å²) in [5.41, 5.74) is 0.714. The molecule has 4 rings (SSSR count). The van der Waals surface area contributed by atoms with E-state index in [0.29, 0.717) is 6.42 Å².